The number of amides is 1. The summed E-state index contributed by atoms with van der Waals surface area (Å²) in [6.45, 7) is 4.84. The zero-order valence-electron chi connectivity index (χ0n) is 16.7. The van der Waals surface area contributed by atoms with Crippen LogP contribution in [0.2, 0.25) is 0 Å². The molecule has 0 radical (unpaired) electrons. The van der Waals surface area contributed by atoms with Crippen molar-refractivity contribution in [1.82, 2.24) is 15.3 Å². The van der Waals surface area contributed by atoms with E-state index in [0.29, 0.717) is 23.5 Å². The Morgan fingerprint density at radius 2 is 2.07 bits per heavy atom. The van der Waals surface area contributed by atoms with Gasteiger partial charge in [-0.25, -0.2) is 9.97 Å². The number of aromatic nitrogens is 2. The van der Waals surface area contributed by atoms with E-state index in [1.54, 1.807) is 0 Å². The van der Waals surface area contributed by atoms with Crippen molar-refractivity contribution < 1.29 is 14.6 Å². The highest BCUT2D eigenvalue weighted by Gasteiger charge is 2.39. The van der Waals surface area contributed by atoms with E-state index >= 15 is 0 Å². The van der Waals surface area contributed by atoms with Crippen molar-refractivity contribution in [3.8, 4) is 11.3 Å². The van der Waals surface area contributed by atoms with Crippen molar-refractivity contribution in [3.63, 3.8) is 0 Å². The molecule has 2 fully saturated rings. The lowest BCUT2D eigenvalue weighted by Crippen LogP contribution is -2.44. The molecule has 2 saturated heterocycles. The molecular weight excluding hydrogens is 368 g/mol. The molecule has 7 nitrogen and oxygen atoms in total. The third kappa shape index (κ3) is 3.09. The number of aliphatic hydroxyl groups excluding tert-OH is 1. The Morgan fingerprint density at radius 1 is 1.24 bits per heavy atom. The minimum atomic E-state index is -0.186. The lowest BCUT2D eigenvalue weighted by molar-refractivity contribution is -0.0147. The number of anilines is 1. The predicted molar refractivity (Wildman–Crippen MR) is 109 cm³/mol. The third-order valence-corrected chi connectivity index (χ3v) is 6.50. The molecule has 0 aliphatic carbocycles. The van der Waals surface area contributed by atoms with Crippen LogP contribution < -0.4 is 10.2 Å². The van der Waals surface area contributed by atoms with Gasteiger partial charge in [0, 0.05) is 31.8 Å². The number of hydrogen-bond donors (Lipinski definition) is 2. The van der Waals surface area contributed by atoms with Crippen molar-refractivity contribution in [2.24, 2.45) is 0 Å². The standard InChI is InChI=1S/C22H26N4O3/c1-14-19(16-5-2-4-15-12-23-21(28)18(15)16)25-17(13-27)20(24-14)26-9-7-22(8-10-26)6-3-11-29-22/h2,4-5,27H,3,6-13H2,1H3,(H,23,28). The normalized spacial score (nSPS) is 20.2. The van der Waals surface area contributed by atoms with Crippen molar-refractivity contribution in [2.45, 2.75) is 51.4 Å². The van der Waals surface area contributed by atoms with Gasteiger partial charge in [0.1, 0.15) is 5.69 Å². The van der Waals surface area contributed by atoms with Gasteiger partial charge < -0.3 is 20.1 Å². The maximum Gasteiger partial charge on any atom is 0.252 e. The lowest BCUT2D eigenvalue weighted by Gasteiger charge is -2.39. The van der Waals surface area contributed by atoms with Crippen molar-refractivity contribution in [2.75, 3.05) is 24.6 Å². The third-order valence-electron chi connectivity index (χ3n) is 6.50. The summed E-state index contributed by atoms with van der Waals surface area (Å²) in [4.78, 5) is 24.2. The van der Waals surface area contributed by atoms with E-state index < -0.39 is 0 Å². The Labute approximate surface area is 170 Å². The zero-order chi connectivity index (χ0) is 20.0. The molecule has 0 saturated carbocycles. The van der Waals surface area contributed by atoms with E-state index in [0.717, 1.165) is 68.0 Å². The van der Waals surface area contributed by atoms with E-state index in [1.165, 1.54) is 0 Å². The summed E-state index contributed by atoms with van der Waals surface area (Å²) < 4.78 is 6.03. The minimum absolute atomic E-state index is 0.0379. The van der Waals surface area contributed by atoms with Crippen LogP contribution in [0.1, 0.15) is 53.0 Å². The van der Waals surface area contributed by atoms with E-state index in [4.69, 9.17) is 14.7 Å². The number of hydrogen-bond acceptors (Lipinski definition) is 6. The fourth-order valence-electron chi connectivity index (χ4n) is 4.91. The molecule has 1 aromatic heterocycles. The van der Waals surface area contributed by atoms with Gasteiger partial charge in [-0.15, -0.1) is 0 Å². The number of nitrogens with one attached hydrogen (secondary N) is 1. The first-order chi connectivity index (χ1) is 14.1. The van der Waals surface area contributed by atoms with Crippen LogP contribution in [-0.4, -0.2) is 46.3 Å². The molecule has 0 atom stereocenters. The molecule has 0 unspecified atom stereocenters. The van der Waals surface area contributed by atoms with Gasteiger partial charge in [0.25, 0.3) is 5.91 Å². The second kappa shape index (κ2) is 7.07. The number of piperidine rings is 1. The Kier molecular flexibility index (Phi) is 4.52. The number of aryl methyl sites for hydroxylation is 1. The van der Waals surface area contributed by atoms with Gasteiger partial charge in [-0.05, 0) is 38.2 Å². The van der Waals surface area contributed by atoms with E-state index in [1.807, 2.05) is 25.1 Å². The van der Waals surface area contributed by atoms with Crippen LogP contribution in [0.25, 0.3) is 11.3 Å². The molecule has 4 heterocycles. The molecule has 5 rings (SSSR count). The van der Waals surface area contributed by atoms with Crippen LogP contribution in [0, 0.1) is 6.92 Å². The van der Waals surface area contributed by atoms with Gasteiger partial charge in [-0.2, -0.15) is 0 Å². The summed E-state index contributed by atoms with van der Waals surface area (Å²) in [6, 6.07) is 5.80. The Balaban J connectivity index is 1.49. The summed E-state index contributed by atoms with van der Waals surface area (Å²) >= 11 is 0. The van der Waals surface area contributed by atoms with Crippen LogP contribution in [-0.2, 0) is 17.9 Å². The van der Waals surface area contributed by atoms with Crippen LogP contribution in [0.5, 0.6) is 0 Å². The molecular formula is C22H26N4O3. The first kappa shape index (κ1) is 18.5. The second-order valence-electron chi connectivity index (χ2n) is 8.23. The number of carbonyl (C=O) groups is 1. The Morgan fingerprint density at radius 3 is 2.79 bits per heavy atom. The van der Waals surface area contributed by atoms with Crippen LogP contribution in [0.15, 0.2) is 18.2 Å². The zero-order valence-corrected chi connectivity index (χ0v) is 16.7. The van der Waals surface area contributed by atoms with Gasteiger partial charge in [-0.1, -0.05) is 18.2 Å². The number of carbonyl (C=O) groups excluding carboxylic acids is 1. The van der Waals surface area contributed by atoms with Crippen LogP contribution in [0.3, 0.4) is 0 Å². The predicted octanol–water partition coefficient (Wildman–Crippen LogP) is 2.34. The van der Waals surface area contributed by atoms with Gasteiger partial charge in [-0.3, -0.25) is 4.79 Å². The SMILES string of the molecule is Cc1nc(N2CCC3(CCCO3)CC2)c(CO)nc1-c1cccc2c1C(=O)NC2. The minimum Gasteiger partial charge on any atom is -0.390 e. The van der Waals surface area contributed by atoms with Gasteiger partial charge >= 0.3 is 0 Å². The first-order valence-electron chi connectivity index (χ1n) is 10.4. The Bertz CT molecular complexity index is 959. The molecule has 1 aromatic carbocycles. The number of aliphatic hydroxyl groups is 1. The van der Waals surface area contributed by atoms with E-state index in [2.05, 4.69) is 10.2 Å². The molecule has 3 aliphatic rings. The smallest absolute Gasteiger partial charge is 0.252 e. The molecule has 2 N–H and O–H groups in total. The summed E-state index contributed by atoms with van der Waals surface area (Å²) in [5.74, 6) is 0.669. The van der Waals surface area contributed by atoms with Crippen molar-refractivity contribution >= 4 is 11.7 Å². The quantitative estimate of drug-likeness (QED) is 0.831. The number of ether oxygens (including phenoxy) is 1. The van der Waals surface area contributed by atoms with E-state index in [9.17, 15) is 9.90 Å². The van der Waals surface area contributed by atoms with Gasteiger partial charge in [0.15, 0.2) is 5.82 Å². The average Bonchev–Trinajstić information content (AvgIpc) is 3.35. The maximum atomic E-state index is 12.3. The monoisotopic (exact) mass is 394 g/mol. The number of nitrogens with zero attached hydrogens (tertiary/aromatic N) is 3. The fourth-order valence-corrected chi connectivity index (χ4v) is 4.91. The maximum absolute atomic E-state index is 12.3. The highest BCUT2D eigenvalue weighted by molar-refractivity contribution is 6.04. The largest absolute Gasteiger partial charge is 0.390 e. The molecule has 1 spiro atoms. The van der Waals surface area contributed by atoms with Crippen LogP contribution in [0.4, 0.5) is 5.82 Å². The molecule has 2 aromatic rings. The number of fused-ring (bicyclic) bond motifs is 1. The molecule has 3 aliphatic heterocycles. The fraction of sp³-hybridized carbons (Fsp3) is 0.500. The van der Waals surface area contributed by atoms with Crippen molar-refractivity contribution in [3.05, 3.63) is 40.7 Å². The molecule has 0 bridgehead atoms. The van der Waals surface area contributed by atoms with E-state index in [-0.39, 0.29) is 18.1 Å². The van der Waals surface area contributed by atoms with Crippen LogP contribution >= 0.6 is 0 Å². The topological polar surface area (TPSA) is 87.6 Å². The first-order valence-corrected chi connectivity index (χ1v) is 10.4. The molecule has 1 amide bonds. The van der Waals surface area contributed by atoms with Gasteiger partial charge in [0.2, 0.25) is 0 Å². The summed E-state index contributed by atoms with van der Waals surface area (Å²) in [7, 11) is 0. The molecule has 152 valence electrons. The summed E-state index contributed by atoms with van der Waals surface area (Å²) in [5.41, 5.74) is 4.45. The van der Waals surface area contributed by atoms with Crippen molar-refractivity contribution in [1.29, 1.82) is 0 Å². The Hall–Kier alpha value is -2.51. The number of rotatable bonds is 3. The average molecular weight is 394 g/mol. The highest BCUT2D eigenvalue weighted by atomic mass is 16.5. The lowest BCUT2D eigenvalue weighted by atomic mass is 9.88. The highest BCUT2D eigenvalue weighted by Crippen LogP contribution is 2.38. The molecule has 29 heavy (non-hydrogen) atoms. The molecule has 7 heteroatoms. The summed E-state index contributed by atoms with van der Waals surface area (Å²) in [6.07, 6.45) is 4.24. The van der Waals surface area contributed by atoms with Gasteiger partial charge in [0.05, 0.1) is 29.2 Å². The summed E-state index contributed by atoms with van der Waals surface area (Å²) in [5, 5.41) is 12.9. The second-order valence-corrected chi connectivity index (χ2v) is 8.23. The number of benzene rings is 1.